The fourth-order valence-corrected chi connectivity index (χ4v) is 5.46. The van der Waals surface area contributed by atoms with Crippen molar-refractivity contribution in [1.82, 2.24) is 18.8 Å². The third-order valence-electron chi connectivity index (χ3n) is 7.12. The molecule has 0 unspecified atom stereocenters. The average molecular weight is 502 g/mol. The summed E-state index contributed by atoms with van der Waals surface area (Å²) in [7, 11) is 4.17. The molecule has 188 valence electrons. The van der Waals surface area contributed by atoms with Gasteiger partial charge in [0.2, 0.25) is 5.66 Å². The van der Waals surface area contributed by atoms with E-state index in [0.29, 0.717) is 5.69 Å². The predicted molar refractivity (Wildman–Crippen MR) is 129 cm³/mol. The number of amides is 2. The van der Waals surface area contributed by atoms with Crippen LogP contribution in [0.5, 0.6) is 0 Å². The number of carbonyl (C=O) groups excluding carboxylic acids is 2. The van der Waals surface area contributed by atoms with Gasteiger partial charge in [-0.1, -0.05) is 30.3 Å². The molecule has 4 heterocycles. The summed E-state index contributed by atoms with van der Waals surface area (Å²) < 4.78 is 20.4. The van der Waals surface area contributed by atoms with Crippen molar-refractivity contribution in [2.24, 2.45) is 0 Å². The minimum Gasteiger partial charge on any atom is -0.501 e. The summed E-state index contributed by atoms with van der Waals surface area (Å²) in [6.45, 7) is 0. The molecular formula is C26H22N4O7. The molecule has 2 atom stereocenters. The van der Waals surface area contributed by atoms with E-state index < -0.39 is 34.6 Å². The Morgan fingerprint density at radius 3 is 1.89 bits per heavy atom. The van der Waals surface area contributed by atoms with E-state index in [-0.39, 0.29) is 29.1 Å². The van der Waals surface area contributed by atoms with E-state index in [1.54, 1.807) is 42.5 Å². The molecular weight excluding hydrogens is 480 g/mol. The molecule has 0 saturated heterocycles. The van der Waals surface area contributed by atoms with Gasteiger partial charge in [0.15, 0.2) is 5.72 Å². The van der Waals surface area contributed by atoms with Crippen molar-refractivity contribution in [2.45, 2.75) is 17.8 Å². The van der Waals surface area contributed by atoms with Crippen LogP contribution in [0, 0.1) is 0 Å². The Morgan fingerprint density at radius 2 is 1.32 bits per heavy atom. The smallest absolute Gasteiger partial charge is 0.354 e. The lowest BCUT2D eigenvalue weighted by Crippen LogP contribution is -2.63. The summed E-state index contributed by atoms with van der Waals surface area (Å²) in [5, 5.41) is 0. The summed E-state index contributed by atoms with van der Waals surface area (Å²) in [6, 6.07) is 14.7. The Morgan fingerprint density at radius 1 is 0.730 bits per heavy atom. The first-order valence-corrected chi connectivity index (χ1v) is 11.4. The zero-order chi connectivity index (χ0) is 26.1. The molecule has 1 aromatic heterocycles. The maximum atomic E-state index is 14.2. The van der Waals surface area contributed by atoms with Gasteiger partial charge in [-0.25, -0.2) is 19.1 Å². The van der Waals surface area contributed by atoms with Gasteiger partial charge in [0.1, 0.15) is 11.5 Å². The van der Waals surface area contributed by atoms with Gasteiger partial charge < -0.3 is 14.2 Å². The lowest BCUT2D eigenvalue weighted by atomic mass is 10.0. The van der Waals surface area contributed by atoms with Crippen LogP contribution in [0.4, 0.5) is 0 Å². The van der Waals surface area contributed by atoms with Crippen molar-refractivity contribution in [3.05, 3.63) is 110 Å². The first kappa shape index (κ1) is 22.8. The van der Waals surface area contributed by atoms with Crippen LogP contribution >= 0.6 is 0 Å². The molecule has 11 nitrogen and oxygen atoms in total. The SMILES string of the molecule is COC1=C[C@@]2(N3C(=O)c4ccccc4C3=O)C(OC)=C[C@@](OC)(C1)n1c(=O)n(-c3ccccc3)c(=O)n12. The molecule has 3 aromatic rings. The van der Waals surface area contributed by atoms with Gasteiger partial charge in [0.25, 0.3) is 11.8 Å². The van der Waals surface area contributed by atoms with Crippen molar-refractivity contribution in [1.29, 1.82) is 0 Å². The zero-order valence-corrected chi connectivity index (χ0v) is 20.2. The fraction of sp³-hybridized carbons (Fsp3) is 0.231. The number of carbonyl (C=O) groups is 2. The number of hydrogen-bond acceptors (Lipinski definition) is 7. The van der Waals surface area contributed by atoms with Crippen LogP contribution in [0.3, 0.4) is 0 Å². The number of aromatic nitrogens is 3. The van der Waals surface area contributed by atoms with Gasteiger partial charge in [0, 0.05) is 19.3 Å². The molecule has 2 amide bonds. The number of methoxy groups -OCH3 is 3. The summed E-state index contributed by atoms with van der Waals surface area (Å²) in [5.41, 5.74) is -4.43. The quantitative estimate of drug-likeness (QED) is 0.486. The van der Waals surface area contributed by atoms with Crippen LogP contribution in [-0.4, -0.2) is 52.0 Å². The average Bonchev–Trinajstić information content (AvgIpc) is 3.22. The molecule has 0 N–H and O–H groups in total. The van der Waals surface area contributed by atoms with E-state index in [1.807, 2.05) is 0 Å². The van der Waals surface area contributed by atoms with Gasteiger partial charge in [-0.2, -0.15) is 9.36 Å². The van der Waals surface area contributed by atoms with Crippen LogP contribution in [0.1, 0.15) is 27.1 Å². The van der Waals surface area contributed by atoms with Crippen LogP contribution in [-0.2, 0) is 25.6 Å². The highest BCUT2D eigenvalue weighted by atomic mass is 16.5. The second-order valence-electron chi connectivity index (χ2n) is 8.83. The van der Waals surface area contributed by atoms with Crippen LogP contribution in [0.15, 0.2) is 87.9 Å². The van der Waals surface area contributed by atoms with Gasteiger partial charge in [0.05, 0.1) is 37.5 Å². The van der Waals surface area contributed by atoms with E-state index >= 15 is 0 Å². The van der Waals surface area contributed by atoms with Crippen molar-refractivity contribution in [3.63, 3.8) is 0 Å². The highest BCUT2D eigenvalue weighted by Gasteiger charge is 2.62. The first-order chi connectivity index (χ1) is 17.8. The molecule has 7 rings (SSSR count). The lowest BCUT2D eigenvalue weighted by Gasteiger charge is -2.44. The third kappa shape index (κ3) is 2.68. The molecule has 11 heteroatoms. The maximum absolute atomic E-state index is 14.2. The highest BCUT2D eigenvalue weighted by molar-refractivity contribution is 6.22. The van der Waals surface area contributed by atoms with Gasteiger partial charge in [-0.15, -0.1) is 0 Å². The topological polar surface area (TPSA) is 114 Å². The van der Waals surface area contributed by atoms with Crippen LogP contribution in [0.25, 0.3) is 5.69 Å². The monoisotopic (exact) mass is 502 g/mol. The summed E-state index contributed by atoms with van der Waals surface area (Å²) in [5.74, 6) is -0.980. The van der Waals surface area contributed by atoms with E-state index in [1.165, 1.54) is 45.6 Å². The highest BCUT2D eigenvalue weighted by Crippen LogP contribution is 2.48. The van der Waals surface area contributed by atoms with Crippen LogP contribution < -0.4 is 11.4 Å². The second-order valence-corrected chi connectivity index (χ2v) is 8.83. The summed E-state index contributed by atoms with van der Waals surface area (Å²) >= 11 is 0. The number of imide groups is 1. The fourth-order valence-electron chi connectivity index (χ4n) is 5.46. The number of hydrogen-bond donors (Lipinski definition) is 0. The maximum Gasteiger partial charge on any atom is 0.354 e. The third-order valence-corrected chi connectivity index (χ3v) is 7.12. The Hall–Kier alpha value is -4.64. The number of nitrogens with zero attached hydrogens (tertiary/aromatic N) is 4. The zero-order valence-electron chi connectivity index (χ0n) is 20.2. The Labute approximate surface area is 210 Å². The van der Waals surface area contributed by atoms with Gasteiger partial charge in [-0.05, 0) is 24.3 Å². The van der Waals surface area contributed by atoms with Gasteiger partial charge in [-0.3, -0.25) is 9.59 Å². The summed E-state index contributed by atoms with van der Waals surface area (Å²) in [6.07, 6.45) is 2.95. The Balaban J connectivity index is 1.77. The molecule has 0 radical (unpaired) electrons. The summed E-state index contributed by atoms with van der Waals surface area (Å²) in [4.78, 5) is 56.7. The van der Waals surface area contributed by atoms with Crippen molar-refractivity contribution >= 4 is 11.8 Å². The van der Waals surface area contributed by atoms with E-state index in [2.05, 4.69) is 0 Å². The molecule has 2 bridgehead atoms. The molecule has 37 heavy (non-hydrogen) atoms. The standard InChI is InChI=1S/C26H22N4O7/c1-35-17-13-25(37-3)15-20(36-2)26(14-17,28-21(31)18-11-7-8-12-19(18)22(28)32)30-24(34)27(23(33)29(25)30)16-9-5-4-6-10-16/h4-12,14-15H,13H2,1-3H3/t25-,26-/m0/s1. The Bertz CT molecular complexity index is 1630. The predicted octanol–water partition coefficient (Wildman–Crippen LogP) is 1.53. The second kappa shape index (κ2) is 7.68. The molecule has 2 aromatic carbocycles. The normalized spacial score (nSPS) is 23.8. The van der Waals surface area contributed by atoms with E-state index in [4.69, 9.17) is 14.2 Å². The number of rotatable bonds is 5. The lowest BCUT2D eigenvalue weighted by molar-refractivity contribution is -0.0898. The molecule has 4 aliphatic rings. The Kier molecular flexibility index (Phi) is 4.73. The molecule has 0 fully saturated rings. The van der Waals surface area contributed by atoms with E-state index in [0.717, 1.165) is 18.8 Å². The molecule has 0 spiro atoms. The van der Waals surface area contributed by atoms with Crippen molar-refractivity contribution in [2.75, 3.05) is 21.3 Å². The van der Waals surface area contributed by atoms with E-state index in [9.17, 15) is 19.2 Å². The van der Waals surface area contributed by atoms with Crippen molar-refractivity contribution < 1.29 is 23.8 Å². The molecule has 1 aliphatic carbocycles. The number of benzene rings is 2. The number of ether oxygens (including phenoxy) is 3. The minimum atomic E-state index is -2.00. The van der Waals surface area contributed by atoms with Gasteiger partial charge >= 0.3 is 11.4 Å². The van der Waals surface area contributed by atoms with Crippen LogP contribution in [0.2, 0.25) is 0 Å². The minimum absolute atomic E-state index is 0.0179. The first-order valence-electron chi connectivity index (χ1n) is 11.4. The van der Waals surface area contributed by atoms with Crippen molar-refractivity contribution in [3.8, 4) is 5.69 Å². The largest absolute Gasteiger partial charge is 0.501 e. The number of fused-ring (bicyclic) bond motifs is 2. The molecule has 3 aliphatic heterocycles. The molecule has 0 saturated carbocycles. The number of para-hydroxylation sites is 1.